The van der Waals surface area contributed by atoms with Crippen molar-refractivity contribution in [3.63, 3.8) is 0 Å². The molecule has 1 unspecified atom stereocenters. The number of aryl methyl sites for hydroxylation is 2. The average Bonchev–Trinajstić information content (AvgIpc) is 2.52. The molecule has 1 rings (SSSR count). The number of aliphatic hydroxyl groups is 1. The lowest BCUT2D eigenvalue weighted by Crippen LogP contribution is -2.22. The van der Waals surface area contributed by atoms with Crippen LogP contribution in [0.1, 0.15) is 31.0 Å². The highest BCUT2D eigenvalue weighted by Crippen LogP contribution is 2.19. The van der Waals surface area contributed by atoms with Gasteiger partial charge in [0.15, 0.2) is 0 Å². The number of aliphatic hydroxyl groups excluding tert-OH is 1. The molecule has 0 saturated heterocycles. The Morgan fingerprint density at radius 2 is 2.31 bits per heavy atom. The predicted octanol–water partition coefficient (Wildman–Crippen LogP) is 1.17. The van der Waals surface area contributed by atoms with E-state index in [9.17, 15) is 0 Å². The maximum Gasteiger partial charge on any atom is 0.142 e. The molecule has 0 bridgehead atoms. The van der Waals surface area contributed by atoms with E-state index < -0.39 is 0 Å². The molecule has 0 aliphatic rings. The van der Waals surface area contributed by atoms with E-state index in [1.54, 1.807) is 4.68 Å². The second-order valence-corrected chi connectivity index (χ2v) is 3.81. The van der Waals surface area contributed by atoms with Crippen molar-refractivity contribution in [2.75, 3.05) is 11.9 Å². The van der Waals surface area contributed by atoms with Gasteiger partial charge in [-0.2, -0.15) is 10.4 Å². The Bertz CT molecular complexity index is 391. The number of aromatic nitrogens is 2. The molecule has 88 valence electrons. The molecular weight excluding hydrogens is 204 g/mol. The maximum absolute atomic E-state index is 9.04. The molecule has 0 amide bonds. The van der Waals surface area contributed by atoms with Crippen LogP contribution in [0.25, 0.3) is 0 Å². The van der Waals surface area contributed by atoms with Crippen LogP contribution >= 0.6 is 0 Å². The van der Waals surface area contributed by atoms with E-state index in [-0.39, 0.29) is 12.6 Å². The monoisotopic (exact) mass is 222 g/mol. The van der Waals surface area contributed by atoms with Crippen LogP contribution in [0.15, 0.2) is 0 Å². The fourth-order valence-electron chi connectivity index (χ4n) is 1.69. The van der Waals surface area contributed by atoms with E-state index in [1.165, 1.54) is 0 Å². The van der Waals surface area contributed by atoms with Crippen LogP contribution in [0.3, 0.4) is 0 Å². The van der Waals surface area contributed by atoms with Crippen LogP contribution in [0.4, 0.5) is 5.82 Å². The van der Waals surface area contributed by atoms with Crippen molar-refractivity contribution < 1.29 is 5.11 Å². The van der Waals surface area contributed by atoms with Gasteiger partial charge in [-0.15, -0.1) is 0 Å². The second kappa shape index (κ2) is 5.52. The first-order chi connectivity index (χ1) is 7.63. The van der Waals surface area contributed by atoms with E-state index in [1.807, 2.05) is 20.9 Å². The molecule has 5 heteroatoms. The molecule has 16 heavy (non-hydrogen) atoms. The third kappa shape index (κ3) is 2.52. The van der Waals surface area contributed by atoms with Crippen LogP contribution in [-0.4, -0.2) is 27.5 Å². The molecule has 0 aliphatic carbocycles. The summed E-state index contributed by atoms with van der Waals surface area (Å²) in [4.78, 5) is 0. The molecule has 1 atom stereocenters. The summed E-state index contributed by atoms with van der Waals surface area (Å²) in [6.45, 7) is 4.00. The minimum Gasteiger partial charge on any atom is -0.396 e. The molecule has 0 aliphatic heterocycles. The van der Waals surface area contributed by atoms with Gasteiger partial charge in [-0.25, -0.2) is 0 Å². The SMILES string of the molecule is CCC(CCO)Nc1c(C#N)c(C)nn1C. The molecule has 0 spiro atoms. The molecular formula is C11H18N4O. The van der Waals surface area contributed by atoms with E-state index in [0.717, 1.165) is 17.9 Å². The third-order valence-electron chi connectivity index (χ3n) is 2.65. The van der Waals surface area contributed by atoms with Crippen LogP contribution in [0.2, 0.25) is 0 Å². The van der Waals surface area contributed by atoms with Crippen molar-refractivity contribution in [1.29, 1.82) is 5.26 Å². The van der Waals surface area contributed by atoms with Gasteiger partial charge in [-0.1, -0.05) is 6.92 Å². The lowest BCUT2D eigenvalue weighted by atomic mass is 10.1. The van der Waals surface area contributed by atoms with E-state index in [4.69, 9.17) is 10.4 Å². The van der Waals surface area contributed by atoms with Crippen LogP contribution in [0.5, 0.6) is 0 Å². The normalized spacial score (nSPS) is 12.2. The van der Waals surface area contributed by atoms with Gasteiger partial charge >= 0.3 is 0 Å². The topological polar surface area (TPSA) is 73.9 Å². The standard InChI is InChI=1S/C11H18N4O/c1-4-9(5-6-16)13-11-10(7-12)8(2)14-15(11)3/h9,13,16H,4-6H2,1-3H3. The van der Waals surface area contributed by atoms with Crippen molar-refractivity contribution >= 4 is 5.82 Å². The fourth-order valence-corrected chi connectivity index (χ4v) is 1.69. The first kappa shape index (κ1) is 12.5. The third-order valence-corrected chi connectivity index (χ3v) is 2.65. The molecule has 0 aromatic carbocycles. The van der Waals surface area contributed by atoms with Crippen LogP contribution in [-0.2, 0) is 7.05 Å². The van der Waals surface area contributed by atoms with Crippen molar-refractivity contribution in [2.45, 2.75) is 32.7 Å². The van der Waals surface area contributed by atoms with Gasteiger partial charge in [0.1, 0.15) is 17.5 Å². The number of hydrogen-bond donors (Lipinski definition) is 2. The summed E-state index contributed by atoms with van der Waals surface area (Å²) in [6.07, 6.45) is 1.57. The number of hydrogen-bond acceptors (Lipinski definition) is 4. The molecule has 5 nitrogen and oxygen atoms in total. The Hall–Kier alpha value is -1.54. The summed E-state index contributed by atoms with van der Waals surface area (Å²) < 4.78 is 1.67. The fraction of sp³-hybridized carbons (Fsp3) is 0.636. The van der Waals surface area contributed by atoms with Crippen molar-refractivity contribution in [3.8, 4) is 6.07 Å². The Labute approximate surface area is 95.7 Å². The summed E-state index contributed by atoms with van der Waals surface area (Å²) in [5, 5.41) is 25.4. The summed E-state index contributed by atoms with van der Waals surface area (Å²) in [5.41, 5.74) is 1.31. The molecule has 0 radical (unpaired) electrons. The van der Waals surface area contributed by atoms with E-state index >= 15 is 0 Å². The number of nitrogens with one attached hydrogen (secondary N) is 1. The summed E-state index contributed by atoms with van der Waals surface area (Å²) in [5.74, 6) is 0.736. The van der Waals surface area contributed by atoms with Gasteiger partial charge in [-0.3, -0.25) is 4.68 Å². The molecule has 1 aromatic heterocycles. The van der Waals surface area contributed by atoms with Crippen molar-refractivity contribution in [2.24, 2.45) is 7.05 Å². The van der Waals surface area contributed by atoms with Crippen LogP contribution < -0.4 is 5.32 Å². The number of rotatable bonds is 5. The quantitative estimate of drug-likeness (QED) is 0.784. The minimum absolute atomic E-state index is 0.143. The average molecular weight is 222 g/mol. The Kier molecular flexibility index (Phi) is 4.32. The van der Waals surface area contributed by atoms with Crippen LogP contribution in [0, 0.1) is 18.3 Å². The van der Waals surface area contributed by atoms with Crippen molar-refractivity contribution in [1.82, 2.24) is 9.78 Å². The zero-order valence-corrected chi connectivity index (χ0v) is 9.99. The first-order valence-corrected chi connectivity index (χ1v) is 5.45. The van der Waals surface area contributed by atoms with E-state index in [2.05, 4.69) is 16.5 Å². The molecule has 2 N–H and O–H groups in total. The molecule has 1 heterocycles. The zero-order valence-electron chi connectivity index (χ0n) is 9.99. The highest BCUT2D eigenvalue weighted by Gasteiger charge is 2.15. The largest absolute Gasteiger partial charge is 0.396 e. The molecule has 1 aromatic rings. The first-order valence-electron chi connectivity index (χ1n) is 5.45. The second-order valence-electron chi connectivity index (χ2n) is 3.81. The summed E-state index contributed by atoms with van der Waals surface area (Å²) in [7, 11) is 1.81. The van der Waals surface area contributed by atoms with Gasteiger partial charge < -0.3 is 10.4 Å². The lowest BCUT2D eigenvalue weighted by Gasteiger charge is -2.17. The lowest BCUT2D eigenvalue weighted by molar-refractivity contribution is 0.278. The Morgan fingerprint density at radius 1 is 1.62 bits per heavy atom. The van der Waals surface area contributed by atoms with Gasteiger partial charge in [0.05, 0.1) is 5.69 Å². The minimum atomic E-state index is 0.143. The number of nitriles is 1. The predicted molar refractivity (Wildman–Crippen MR) is 62.1 cm³/mol. The highest BCUT2D eigenvalue weighted by atomic mass is 16.3. The van der Waals surface area contributed by atoms with Gasteiger partial charge in [-0.05, 0) is 19.8 Å². The molecule has 0 saturated carbocycles. The smallest absolute Gasteiger partial charge is 0.142 e. The van der Waals surface area contributed by atoms with Gasteiger partial charge in [0, 0.05) is 19.7 Å². The zero-order chi connectivity index (χ0) is 12.1. The Morgan fingerprint density at radius 3 is 2.81 bits per heavy atom. The maximum atomic E-state index is 9.04. The number of nitrogens with zero attached hydrogens (tertiary/aromatic N) is 3. The summed E-state index contributed by atoms with van der Waals surface area (Å²) in [6, 6.07) is 2.32. The Balaban J connectivity index is 2.91. The summed E-state index contributed by atoms with van der Waals surface area (Å²) >= 11 is 0. The highest BCUT2D eigenvalue weighted by molar-refractivity contribution is 5.55. The van der Waals surface area contributed by atoms with Gasteiger partial charge in [0.2, 0.25) is 0 Å². The van der Waals surface area contributed by atoms with Crippen molar-refractivity contribution in [3.05, 3.63) is 11.3 Å². The molecule has 0 fully saturated rings. The van der Waals surface area contributed by atoms with E-state index in [0.29, 0.717) is 12.0 Å². The number of anilines is 1. The van der Waals surface area contributed by atoms with Gasteiger partial charge in [0.25, 0.3) is 0 Å².